The quantitative estimate of drug-likeness (QED) is 0.213. The number of hydrogen-bond donors (Lipinski definition) is 2. The van der Waals surface area contributed by atoms with Crippen molar-refractivity contribution in [2.75, 3.05) is 25.1 Å². The topological polar surface area (TPSA) is 84.0 Å². The van der Waals surface area contributed by atoms with Crippen LogP contribution < -0.4 is 10.6 Å². The van der Waals surface area contributed by atoms with E-state index in [1.807, 2.05) is 31.2 Å². The molecule has 8 heteroatoms. The molecule has 0 bridgehead atoms. The first-order valence-corrected chi connectivity index (χ1v) is 12.1. The second kappa shape index (κ2) is 10.2. The maximum atomic E-state index is 14.6. The number of halogens is 2. The van der Waals surface area contributed by atoms with Gasteiger partial charge in [-0.25, -0.2) is 8.78 Å². The van der Waals surface area contributed by atoms with Crippen molar-refractivity contribution in [2.24, 2.45) is 10.9 Å². The zero-order valence-electron chi connectivity index (χ0n) is 20.7. The van der Waals surface area contributed by atoms with Crippen LogP contribution in [0.3, 0.4) is 0 Å². The monoisotopic (exact) mass is 502 g/mol. The second-order valence-electron chi connectivity index (χ2n) is 9.39. The van der Waals surface area contributed by atoms with E-state index in [4.69, 9.17) is 20.7 Å². The minimum absolute atomic E-state index is 0.0857. The van der Waals surface area contributed by atoms with Gasteiger partial charge in [0.25, 0.3) is 0 Å². The molecule has 0 aliphatic carbocycles. The molecule has 1 aliphatic rings. The molecule has 37 heavy (non-hydrogen) atoms. The Morgan fingerprint density at radius 3 is 2.70 bits per heavy atom. The first-order chi connectivity index (χ1) is 17.9. The summed E-state index contributed by atoms with van der Waals surface area (Å²) in [5, 5.41) is 13.0. The average molecular weight is 503 g/mol. The van der Waals surface area contributed by atoms with Gasteiger partial charge in [0.15, 0.2) is 0 Å². The number of fused-ring (bicyclic) bond motifs is 1. The van der Waals surface area contributed by atoms with Gasteiger partial charge in [-0.3, -0.25) is 4.98 Å². The molecule has 3 aromatic carbocycles. The molecule has 0 saturated carbocycles. The highest BCUT2D eigenvalue weighted by atomic mass is 19.1. The Balaban J connectivity index is 1.77. The molecular weight excluding hydrogens is 474 g/mol. The molecule has 1 aliphatic heterocycles. The van der Waals surface area contributed by atoms with E-state index in [2.05, 4.69) is 10.1 Å². The van der Waals surface area contributed by atoms with Crippen LogP contribution in [0.25, 0.3) is 33.2 Å². The molecule has 0 amide bonds. The fourth-order valence-corrected chi connectivity index (χ4v) is 5.15. The Bertz CT molecular complexity index is 1470. The second-order valence-corrected chi connectivity index (χ2v) is 9.39. The number of benzene rings is 3. The van der Waals surface area contributed by atoms with E-state index >= 15 is 0 Å². The van der Waals surface area contributed by atoms with Crippen LogP contribution in [0.1, 0.15) is 17.5 Å². The van der Waals surface area contributed by atoms with Crippen molar-refractivity contribution in [1.29, 1.82) is 0 Å². The molecular formula is C29H28F2N4O2. The van der Waals surface area contributed by atoms with Crippen molar-refractivity contribution in [3.8, 4) is 22.3 Å². The van der Waals surface area contributed by atoms with Crippen LogP contribution in [-0.4, -0.2) is 48.8 Å². The molecule has 2 atom stereocenters. The number of ether oxygens (including phenoxy) is 1. The summed E-state index contributed by atoms with van der Waals surface area (Å²) in [5.74, 6) is -0.816. The number of nitrogens with zero attached hydrogens (tertiary/aromatic N) is 3. The number of aryl methyl sites for hydroxylation is 1. The number of pyridine rings is 1. The minimum Gasteiger partial charge on any atom is -0.411 e. The van der Waals surface area contributed by atoms with Crippen molar-refractivity contribution in [3.05, 3.63) is 83.6 Å². The number of rotatable bonds is 5. The summed E-state index contributed by atoms with van der Waals surface area (Å²) in [5.41, 5.74) is 11.7. The molecule has 0 radical (unpaired) electrons. The molecule has 1 aromatic heterocycles. The summed E-state index contributed by atoms with van der Waals surface area (Å²) in [4.78, 5) is 6.90. The zero-order valence-corrected chi connectivity index (χ0v) is 20.7. The maximum Gasteiger partial charge on any atom is 0.132 e. The lowest BCUT2D eigenvalue weighted by Gasteiger charge is -2.38. The predicted molar refractivity (Wildman–Crippen MR) is 142 cm³/mol. The molecule has 1 saturated heterocycles. The van der Waals surface area contributed by atoms with E-state index in [-0.39, 0.29) is 23.5 Å². The number of hydrogen-bond acceptors (Lipinski definition) is 6. The molecule has 190 valence electrons. The fraction of sp³-hybridized carbons (Fsp3) is 0.241. The lowest BCUT2D eigenvalue weighted by Crippen LogP contribution is -2.51. The maximum absolute atomic E-state index is 14.6. The van der Waals surface area contributed by atoms with Crippen LogP contribution in [0.15, 0.2) is 65.9 Å². The number of piperidine rings is 1. The average Bonchev–Trinajstić information content (AvgIpc) is 2.89. The molecule has 4 aromatic rings. The Hall–Kier alpha value is -3.88. The molecule has 6 nitrogen and oxygen atoms in total. The Morgan fingerprint density at radius 2 is 1.95 bits per heavy atom. The third kappa shape index (κ3) is 4.77. The van der Waals surface area contributed by atoms with Crippen LogP contribution in [-0.2, 0) is 4.74 Å². The normalized spacial score (nSPS) is 18.1. The highest BCUT2D eigenvalue weighted by molar-refractivity contribution is 6.03. The van der Waals surface area contributed by atoms with E-state index in [9.17, 15) is 8.78 Å². The molecule has 3 N–H and O–H groups in total. The van der Waals surface area contributed by atoms with Crippen LogP contribution in [0.2, 0.25) is 0 Å². The van der Waals surface area contributed by atoms with E-state index in [0.29, 0.717) is 18.7 Å². The van der Waals surface area contributed by atoms with Gasteiger partial charge < -0.3 is 20.6 Å². The number of oxime groups is 1. The lowest BCUT2D eigenvalue weighted by molar-refractivity contribution is 0.0731. The highest BCUT2D eigenvalue weighted by Crippen LogP contribution is 2.40. The van der Waals surface area contributed by atoms with Crippen molar-refractivity contribution < 1.29 is 18.7 Å². The number of aromatic nitrogens is 1. The van der Waals surface area contributed by atoms with Crippen LogP contribution in [0.4, 0.5) is 14.5 Å². The van der Waals surface area contributed by atoms with Gasteiger partial charge in [0.05, 0.1) is 23.5 Å². The number of nitrogens with two attached hydrogens (primary N) is 1. The molecule has 1 fully saturated rings. The summed E-state index contributed by atoms with van der Waals surface area (Å²) >= 11 is 0. The van der Waals surface area contributed by atoms with Crippen molar-refractivity contribution in [2.45, 2.75) is 25.5 Å². The molecule has 0 spiro atoms. The third-order valence-electron chi connectivity index (χ3n) is 6.97. The standard InChI is InChI=1S/C29H28F2N4O2/c1-17-10-19(12-20(30)11-17)23-14-33-27-7-6-18(21-4-3-5-25(31)24(21)15-34-36)13-22(27)29(23)35-9-8-26(32)28(16-35)37-2/h3-7,10-15,26,28,36H,8-9,16,32H2,1-2H3/t26-,28-/m1/s1. The predicted octanol–water partition coefficient (Wildman–Crippen LogP) is 5.52. The Morgan fingerprint density at radius 1 is 1.11 bits per heavy atom. The number of methoxy groups -OCH3 is 1. The largest absolute Gasteiger partial charge is 0.411 e. The van der Waals surface area contributed by atoms with Crippen LogP contribution >= 0.6 is 0 Å². The molecule has 0 unspecified atom stereocenters. The smallest absolute Gasteiger partial charge is 0.132 e. The summed E-state index contributed by atoms with van der Waals surface area (Å²) in [6, 6.07) is 15.2. The van der Waals surface area contributed by atoms with Crippen molar-refractivity contribution in [1.82, 2.24) is 4.98 Å². The van der Waals surface area contributed by atoms with Crippen molar-refractivity contribution in [3.63, 3.8) is 0 Å². The highest BCUT2D eigenvalue weighted by Gasteiger charge is 2.29. The van der Waals surface area contributed by atoms with Gasteiger partial charge in [-0.2, -0.15) is 0 Å². The fourth-order valence-electron chi connectivity index (χ4n) is 5.15. The van der Waals surface area contributed by atoms with E-state index < -0.39 is 5.82 Å². The van der Waals surface area contributed by atoms with Crippen LogP contribution in [0, 0.1) is 18.6 Å². The molecule has 2 heterocycles. The van der Waals surface area contributed by atoms with Gasteiger partial charge in [0.2, 0.25) is 0 Å². The van der Waals surface area contributed by atoms with E-state index in [1.165, 1.54) is 18.2 Å². The first-order valence-electron chi connectivity index (χ1n) is 12.1. The van der Waals surface area contributed by atoms with Crippen LogP contribution in [0.5, 0.6) is 0 Å². The Kier molecular flexibility index (Phi) is 6.86. The van der Waals surface area contributed by atoms with Crippen molar-refractivity contribution >= 4 is 22.8 Å². The number of anilines is 1. The van der Waals surface area contributed by atoms with Gasteiger partial charge >= 0.3 is 0 Å². The summed E-state index contributed by atoms with van der Waals surface area (Å²) in [7, 11) is 1.65. The van der Waals surface area contributed by atoms with Gasteiger partial charge in [-0.15, -0.1) is 0 Å². The van der Waals surface area contributed by atoms with E-state index in [1.54, 1.807) is 25.4 Å². The summed E-state index contributed by atoms with van der Waals surface area (Å²) in [6.07, 6.45) is 3.42. The van der Waals surface area contributed by atoms with Gasteiger partial charge in [-0.1, -0.05) is 29.4 Å². The third-order valence-corrected chi connectivity index (χ3v) is 6.97. The Labute approximate surface area is 214 Å². The summed E-state index contributed by atoms with van der Waals surface area (Å²) in [6.45, 7) is 3.10. The minimum atomic E-state index is -0.495. The SMILES string of the molecule is CO[C@@H]1CN(c2c(-c3cc(C)cc(F)c3)cnc3ccc(-c4cccc(F)c4C=NO)cc23)CC[C@H]1N. The van der Waals surface area contributed by atoms with E-state index in [0.717, 1.165) is 51.5 Å². The molecule has 5 rings (SSSR count). The lowest BCUT2D eigenvalue weighted by atomic mass is 9.94. The zero-order chi connectivity index (χ0) is 26.1. The van der Waals surface area contributed by atoms with Gasteiger partial charge in [-0.05, 0) is 65.9 Å². The van der Waals surface area contributed by atoms with Gasteiger partial charge in [0, 0.05) is 49.0 Å². The summed E-state index contributed by atoms with van der Waals surface area (Å²) < 4.78 is 34.8. The first kappa shape index (κ1) is 24.8. The van der Waals surface area contributed by atoms with Gasteiger partial charge in [0.1, 0.15) is 11.6 Å².